The molecular formula is C12H17N5O2. The van der Waals surface area contributed by atoms with Gasteiger partial charge in [-0.05, 0) is 25.0 Å². The SMILES string of the molecule is NC(=O)c1ccc(N)c(N2CCCC(C(N)=O)C2)n1. The average molecular weight is 263 g/mol. The van der Waals surface area contributed by atoms with Gasteiger partial charge < -0.3 is 22.1 Å². The molecule has 1 unspecified atom stereocenters. The first-order valence-corrected chi connectivity index (χ1v) is 6.09. The van der Waals surface area contributed by atoms with E-state index in [-0.39, 0.29) is 17.5 Å². The summed E-state index contributed by atoms with van der Waals surface area (Å²) in [4.78, 5) is 28.4. The molecule has 6 N–H and O–H groups in total. The summed E-state index contributed by atoms with van der Waals surface area (Å²) in [6, 6.07) is 3.08. The molecule has 1 atom stereocenters. The third-order valence-corrected chi connectivity index (χ3v) is 3.28. The van der Waals surface area contributed by atoms with Crippen LogP contribution in [0.5, 0.6) is 0 Å². The van der Waals surface area contributed by atoms with Crippen LogP contribution < -0.4 is 22.1 Å². The Bertz CT molecular complexity index is 517. The van der Waals surface area contributed by atoms with E-state index >= 15 is 0 Å². The summed E-state index contributed by atoms with van der Waals surface area (Å²) < 4.78 is 0. The number of anilines is 2. The van der Waals surface area contributed by atoms with Crippen molar-refractivity contribution in [1.29, 1.82) is 0 Å². The molecule has 1 aliphatic heterocycles. The summed E-state index contributed by atoms with van der Waals surface area (Å²) in [6.45, 7) is 1.19. The summed E-state index contributed by atoms with van der Waals surface area (Å²) in [5.74, 6) is -0.659. The number of nitrogens with two attached hydrogens (primary N) is 3. The first kappa shape index (κ1) is 13.1. The monoisotopic (exact) mass is 263 g/mol. The number of amides is 2. The molecule has 2 rings (SSSR count). The molecule has 0 radical (unpaired) electrons. The van der Waals surface area contributed by atoms with Crippen molar-refractivity contribution in [2.75, 3.05) is 23.7 Å². The lowest BCUT2D eigenvalue weighted by Gasteiger charge is -2.32. The topological polar surface area (TPSA) is 128 Å². The number of hydrogen-bond acceptors (Lipinski definition) is 5. The Morgan fingerprint density at radius 2 is 2.05 bits per heavy atom. The molecule has 7 heteroatoms. The molecule has 0 spiro atoms. The van der Waals surface area contributed by atoms with Crippen molar-refractivity contribution < 1.29 is 9.59 Å². The Morgan fingerprint density at radius 3 is 2.68 bits per heavy atom. The van der Waals surface area contributed by atoms with Gasteiger partial charge in [-0.1, -0.05) is 0 Å². The van der Waals surface area contributed by atoms with Crippen LogP contribution in [0.25, 0.3) is 0 Å². The minimum absolute atomic E-state index is 0.158. The summed E-state index contributed by atoms with van der Waals surface area (Å²) in [7, 11) is 0. The van der Waals surface area contributed by atoms with E-state index in [0.717, 1.165) is 19.4 Å². The first-order chi connectivity index (χ1) is 8.99. The number of carbonyl (C=O) groups excluding carboxylic acids is 2. The van der Waals surface area contributed by atoms with Crippen molar-refractivity contribution in [3.63, 3.8) is 0 Å². The smallest absolute Gasteiger partial charge is 0.267 e. The van der Waals surface area contributed by atoms with Crippen molar-refractivity contribution in [3.05, 3.63) is 17.8 Å². The molecule has 0 saturated carbocycles. The Balaban J connectivity index is 2.27. The number of aromatic nitrogens is 1. The van der Waals surface area contributed by atoms with Gasteiger partial charge in [0.2, 0.25) is 5.91 Å². The number of rotatable bonds is 3. The number of hydrogen-bond donors (Lipinski definition) is 3. The third-order valence-electron chi connectivity index (χ3n) is 3.28. The van der Waals surface area contributed by atoms with Gasteiger partial charge in [0.05, 0.1) is 11.6 Å². The number of nitrogens with zero attached hydrogens (tertiary/aromatic N) is 2. The van der Waals surface area contributed by atoms with Crippen molar-refractivity contribution in [1.82, 2.24) is 4.98 Å². The van der Waals surface area contributed by atoms with Crippen LogP contribution in [0.4, 0.5) is 11.5 Å². The number of primary amides is 2. The van der Waals surface area contributed by atoms with Crippen LogP contribution in [0.1, 0.15) is 23.3 Å². The average Bonchev–Trinajstić information content (AvgIpc) is 2.39. The maximum Gasteiger partial charge on any atom is 0.267 e. The lowest BCUT2D eigenvalue weighted by atomic mass is 9.97. The summed E-state index contributed by atoms with van der Waals surface area (Å²) in [5.41, 5.74) is 17.0. The minimum Gasteiger partial charge on any atom is -0.396 e. The van der Waals surface area contributed by atoms with Crippen LogP contribution in [0.2, 0.25) is 0 Å². The fourth-order valence-corrected chi connectivity index (χ4v) is 2.25. The van der Waals surface area contributed by atoms with Gasteiger partial charge in [0.15, 0.2) is 5.82 Å². The van der Waals surface area contributed by atoms with Crippen molar-refractivity contribution in [2.45, 2.75) is 12.8 Å². The predicted molar refractivity (Wildman–Crippen MR) is 71.3 cm³/mol. The van der Waals surface area contributed by atoms with E-state index in [1.807, 2.05) is 4.90 Å². The molecule has 1 aliphatic rings. The molecule has 1 aromatic heterocycles. The second-order valence-corrected chi connectivity index (χ2v) is 4.66. The van der Waals surface area contributed by atoms with Crippen LogP contribution in [0, 0.1) is 5.92 Å². The summed E-state index contributed by atoms with van der Waals surface area (Å²) >= 11 is 0. The van der Waals surface area contributed by atoms with Gasteiger partial charge in [0.1, 0.15) is 5.69 Å². The molecular weight excluding hydrogens is 246 g/mol. The van der Waals surface area contributed by atoms with E-state index in [1.165, 1.54) is 6.07 Å². The molecule has 0 aromatic carbocycles. The maximum atomic E-state index is 11.3. The highest BCUT2D eigenvalue weighted by Crippen LogP contribution is 2.26. The molecule has 102 valence electrons. The molecule has 1 aromatic rings. The van der Waals surface area contributed by atoms with E-state index < -0.39 is 5.91 Å². The molecule has 7 nitrogen and oxygen atoms in total. The zero-order valence-electron chi connectivity index (χ0n) is 10.5. The zero-order valence-corrected chi connectivity index (χ0v) is 10.5. The largest absolute Gasteiger partial charge is 0.396 e. The van der Waals surface area contributed by atoms with Gasteiger partial charge in [0, 0.05) is 13.1 Å². The minimum atomic E-state index is -0.607. The van der Waals surface area contributed by atoms with Crippen LogP contribution >= 0.6 is 0 Å². The van der Waals surface area contributed by atoms with E-state index in [1.54, 1.807) is 6.07 Å². The van der Waals surface area contributed by atoms with Crippen LogP contribution in [-0.4, -0.2) is 29.9 Å². The fraction of sp³-hybridized carbons (Fsp3) is 0.417. The predicted octanol–water partition coefficient (Wildman–Crippen LogP) is -0.536. The molecule has 1 saturated heterocycles. The number of nitrogen functional groups attached to an aromatic ring is 1. The van der Waals surface area contributed by atoms with Crippen LogP contribution in [-0.2, 0) is 4.79 Å². The molecule has 0 aliphatic carbocycles. The second kappa shape index (κ2) is 5.13. The molecule has 2 heterocycles. The number of piperidine rings is 1. The van der Waals surface area contributed by atoms with Gasteiger partial charge in [-0.3, -0.25) is 9.59 Å². The van der Waals surface area contributed by atoms with Gasteiger partial charge in [-0.15, -0.1) is 0 Å². The van der Waals surface area contributed by atoms with E-state index in [2.05, 4.69) is 4.98 Å². The molecule has 2 amide bonds. The standard InChI is InChI=1S/C12H17N5O2/c13-8-3-4-9(11(15)19)16-12(8)17-5-1-2-7(6-17)10(14)18/h3-4,7H,1-2,5-6,13H2,(H2,14,18)(H2,15,19). The second-order valence-electron chi connectivity index (χ2n) is 4.66. The normalized spacial score (nSPS) is 19.2. The summed E-state index contributed by atoms with van der Waals surface area (Å²) in [6.07, 6.45) is 1.59. The molecule has 1 fully saturated rings. The molecule has 19 heavy (non-hydrogen) atoms. The summed E-state index contributed by atoms with van der Waals surface area (Å²) in [5, 5.41) is 0. The van der Waals surface area contributed by atoms with Gasteiger partial charge >= 0.3 is 0 Å². The van der Waals surface area contributed by atoms with E-state index in [4.69, 9.17) is 17.2 Å². The van der Waals surface area contributed by atoms with Crippen molar-refractivity contribution in [3.8, 4) is 0 Å². The van der Waals surface area contributed by atoms with Gasteiger partial charge in [-0.2, -0.15) is 0 Å². The maximum absolute atomic E-state index is 11.3. The Hall–Kier alpha value is -2.31. The number of pyridine rings is 1. The van der Waals surface area contributed by atoms with Gasteiger partial charge in [-0.25, -0.2) is 4.98 Å². The molecule has 0 bridgehead atoms. The Labute approximate surface area is 110 Å². The van der Waals surface area contributed by atoms with E-state index in [0.29, 0.717) is 18.1 Å². The Kier molecular flexibility index (Phi) is 3.55. The van der Waals surface area contributed by atoms with Gasteiger partial charge in [0.25, 0.3) is 5.91 Å². The highest BCUT2D eigenvalue weighted by atomic mass is 16.1. The van der Waals surface area contributed by atoms with Crippen molar-refractivity contribution in [2.24, 2.45) is 17.4 Å². The fourth-order valence-electron chi connectivity index (χ4n) is 2.25. The highest BCUT2D eigenvalue weighted by Gasteiger charge is 2.26. The van der Waals surface area contributed by atoms with E-state index in [9.17, 15) is 9.59 Å². The van der Waals surface area contributed by atoms with Crippen LogP contribution in [0.15, 0.2) is 12.1 Å². The lowest BCUT2D eigenvalue weighted by Crippen LogP contribution is -2.42. The Morgan fingerprint density at radius 1 is 1.32 bits per heavy atom. The van der Waals surface area contributed by atoms with Crippen molar-refractivity contribution >= 4 is 23.3 Å². The van der Waals surface area contributed by atoms with Crippen LogP contribution in [0.3, 0.4) is 0 Å². The lowest BCUT2D eigenvalue weighted by molar-refractivity contribution is -0.122. The highest BCUT2D eigenvalue weighted by molar-refractivity contribution is 5.92. The first-order valence-electron chi connectivity index (χ1n) is 6.09. The number of carbonyl (C=O) groups is 2. The third kappa shape index (κ3) is 2.75. The quantitative estimate of drug-likeness (QED) is 0.675. The zero-order chi connectivity index (χ0) is 14.0.